The third kappa shape index (κ3) is 4.11. The molecule has 0 saturated carbocycles. The first kappa shape index (κ1) is 15.6. The van der Waals surface area contributed by atoms with Crippen LogP contribution >= 0.6 is 23.2 Å². The fourth-order valence-electron chi connectivity index (χ4n) is 1.87. The lowest BCUT2D eigenvalue weighted by atomic mass is 10.1. The Hall–Kier alpha value is -1.75. The molecular formula is C15H14Cl2N2O2. The van der Waals surface area contributed by atoms with Gasteiger partial charge in [0.05, 0.1) is 29.3 Å². The summed E-state index contributed by atoms with van der Waals surface area (Å²) in [5.74, 6) is -0.239. The van der Waals surface area contributed by atoms with Crippen LogP contribution in [-0.4, -0.2) is 13.0 Å². The van der Waals surface area contributed by atoms with Crippen LogP contribution in [0.1, 0.15) is 5.56 Å². The lowest BCUT2D eigenvalue weighted by Gasteiger charge is -2.14. The Balaban J connectivity index is 2.26. The van der Waals surface area contributed by atoms with Crippen LogP contribution in [0, 0.1) is 0 Å². The molecule has 2 aromatic carbocycles. The number of hydrogen-bond acceptors (Lipinski definition) is 3. The minimum absolute atomic E-state index is 0.180. The van der Waals surface area contributed by atoms with Gasteiger partial charge in [-0.15, -0.1) is 0 Å². The van der Waals surface area contributed by atoms with Crippen molar-refractivity contribution in [1.29, 1.82) is 0 Å². The summed E-state index contributed by atoms with van der Waals surface area (Å²) in [4.78, 5) is 16.2. The Morgan fingerprint density at radius 1 is 1.10 bits per heavy atom. The molecule has 0 aromatic heterocycles. The van der Waals surface area contributed by atoms with Gasteiger partial charge >= 0.3 is 0 Å². The van der Waals surface area contributed by atoms with Crippen LogP contribution in [0.4, 0.5) is 11.4 Å². The van der Waals surface area contributed by atoms with Crippen LogP contribution in [-0.2, 0) is 16.1 Å². The molecule has 4 nitrogen and oxygen atoms in total. The van der Waals surface area contributed by atoms with E-state index >= 15 is 0 Å². The molecule has 0 spiro atoms. The maximum absolute atomic E-state index is 11.6. The Labute approximate surface area is 133 Å². The molecule has 2 aromatic rings. The highest BCUT2D eigenvalue weighted by Gasteiger charge is 2.11. The van der Waals surface area contributed by atoms with E-state index in [-0.39, 0.29) is 12.3 Å². The number of hydroxylamine groups is 1. The molecule has 0 bridgehead atoms. The van der Waals surface area contributed by atoms with E-state index in [1.165, 1.54) is 7.11 Å². The Morgan fingerprint density at radius 2 is 1.76 bits per heavy atom. The van der Waals surface area contributed by atoms with Gasteiger partial charge in [-0.25, -0.2) is 5.48 Å². The zero-order valence-corrected chi connectivity index (χ0v) is 12.8. The Bertz CT molecular complexity index is 627. The van der Waals surface area contributed by atoms with Crippen LogP contribution in [0.5, 0.6) is 0 Å². The van der Waals surface area contributed by atoms with Crippen molar-refractivity contribution in [3.63, 3.8) is 0 Å². The molecular weight excluding hydrogens is 311 g/mol. The van der Waals surface area contributed by atoms with Crippen molar-refractivity contribution in [2.45, 2.75) is 6.42 Å². The summed E-state index contributed by atoms with van der Waals surface area (Å²) in [6.07, 6.45) is 0.180. The molecule has 2 N–H and O–H groups in total. The van der Waals surface area contributed by atoms with E-state index in [4.69, 9.17) is 23.2 Å². The Morgan fingerprint density at radius 3 is 2.43 bits per heavy atom. The third-order valence-corrected chi connectivity index (χ3v) is 3.44. The van der Waals surface area contributed by atoms with Crippen LogP contribution in [0.3, 0.4) is 0 Å². The second-order valence-corrected chi connectivity index (χ2v) is 5.10. The van der Waals surface area contributed by atoms with E-state index in [0.717, 1.165) is 11.3 Å². The summed E-state index contributed by atoms with van der Waals surface area (Å²) < 4.78 is 0. The van der Waals surface area contributed by atoms with E-state index in [0.29, 0.717) is 15.7 Å². The van der Waals surface area contributed by atoms with Gasteiger partial charge in [0.1, 0.15) is 0 Å². The molecule has 0 heterocycles. The number of hydrogen-bond donors (Lipinski definition) is 2. The maximum Gasteiger partial charge on any atom is 0.248 e. The van der Waals surface area contributed by atoms with Crippen molar-refractivity contribution in [1.82, 2.24) is 5.48 Å². The number of carbonyl (C=O) groups excluding carboxylic acids is 1. The number of rotatable bonds is 5. The van der Waals surface area contributed by atoms with Gasteiger partial charge in [-0.05, 0) is 23.8 Å². The van der Waals surface area contributed by atoms with E-state index in [1.807, 2.05) is 24.3 Å². The lowest BCUT2D eigenvalue weighted by molar-refractivity contribution is -0.130. The van der Waals surface area contributed by atoms with Crippen molar-refractivity contribution >= 4 is 40.5 Å². The summed E-state index contributed by atoms with van der Waals surface area (Å²) >= 11 is 12.3. The number of nitrogens with one attached hydrogen (secondary N) is 2. The molecule has 0 radical (unpaired) electrons. The minimum Gasteiger partial charge on any atom is -0.353 e. The molecule has 0 aliphatic carbocycles. The molecule has 21 heavy (non-hydrogen) atoms. The van der Waals surface area contributed by atoms with Crippen molar-refractivity contribution < 1.29 is 9.63 Å². The SMILES string of the molecule is CONC(=O)Cc1ccccc1Nc1c(Cl)cccc1Cl. The number of halogens is 2. The normalized spacial score (nSPS) is 10.2. The van der Waals surface area contributed by atoms with Crippen molar-refractivity contribution in [2.75, 3.05) is 12.4 Å². The zero-order valence-electron chi connectivity index (χ0n) is 11.3. The predicted molar refractivity (Wildman–Crippen MR) is 85.0 cm³/mol. The van der Waals surface area contributed by atoms with Gasteiger partial charge in [-0.2, -0.15) is 0 Å². The van der Waals surface area contributed by atoms with Crippen molar-refractivity contribution in [2.24, 2.45) is 0 Å². The highest BCUT2D eigenvalue weighted by molar-refractivity contribution is 6.39. The number of carbonyl (C=O) groups is 1. The predicted octanol–water partition coefficient (Wildman–Crippen LogP) is 3.96. The molecule has 2 rings (SSSR count). The average Bonchev–Trinajstić information content (AvgIpc) is 2.45. The van der Waals surface area contributed by atoms with Crippen LogP contribution in [0.25, 0.3) is 0 Å². The quantitative estimate of drug-likeness (QED) is 0.818. The summed E-state index contributed by atoms with van der Waals surface area (Å²) in [5, 5.41) is 4.20. The molecule has 1 amide bonds. The molecule has 0 atom stereocenters. The largest absolute Gasteiger partial charge is 0.353 e. The second kappa shape index (κ2) is 7.31. The van der Waals surface area contributed by atoms with E-state index < -0.39 is 0 Å². The molecule has 0 aliphatic rings. The number of benzene rings is 2. The van der Waals surface area contributed by atoms with Crippen molar-refractivity contribution in [3.8, 4) is 0 Å². The first-order valence-electron chi connectivity index (χ1n) is 6.22. The Kier molecular flexibility index (Phi) is 5.44. The fraction of sp³-hybridized carbons (Fsp3) is 0.133. The minimum atomic E-state index is -0.239. The summed E-state index contributed by atoms with van der Waals surface area (Å²) in [7, 11) is 1.39. The van der Waals surface area contributed by atoms with Gasteiger partial charge in [0.25, 0.3) is 0 Å². The number of anilines is 2. The van der Waals surface area contributed by atoms with E-state index in [1.54, 1.807) is 18.2 Å². The first-order chi connectivity index (χ1) is 10.1. The standard InChI is InChI=1S/C15H14Cl2N2O2/c1-21-19-14(20)9-10-5-2-3-8-13(10)18-15-11(16)6-4-7-12(15)17/h2-8,18H,9H2,1H3,(H,19,20). The zero-order chi connectivity index (χ0) is 15.2. The van der Waals surface area contributed by atoms with Crippen molar-refractivity contribution in [3.05, 3.63) is 58.1 Å². The molecule has 6 heteroatoms. The molecule has 0 aliphatic heterocycles. The summed E-state index contributed by atoms with van der Waals surface area (Å²) in [6.45, 7) is 0. The first-order valence-corrected chi connectivity index (χ1v) is 6.98. The van der Waals surface area contributed by atoms with Gasteiger partial charge in [-0.1, -0.05) is 47.5 Å². The van der Waals surface area contributed by atoms with Gasteiger partial charge in [0.2, 0.25) is 5.91 Å². The number of para-hydroxylation sites is 2. The smallest absolute Gasteiger partial charge is 0.248 e. The van der Waals surface area contributed by atoms with Crippen LogP contribution < -0.4 is 10.8 Å². The summed E-state index contributed by atoms with van der Waals surface area (Å²) in [6, 6.07) is 12.7. The molecule has 110 valence electrons. The summed E-state index contributed by atoms with van der Waals surface area (Å²) in [5.41, 5.74) is 4.47. The molecule has 0 saturated heterocycles. The monoisotopic (exact) mass is 324 g/mol. The third-order valence-electron chi connectivity index (χ3n) is 2.81. The van der Waals surface area contributed by atoms with Crippen LogP contribution in [0.15, 0.2) is 42.5 Å². The van der Waals surface area contributed by atoms with Gasteiger partial charge in [-0.3, -0.25) is 9.63 Å². The van der Waals surface area contributed by atoms with Gasteiger partial charge in [0.15, 0.2) is 0 Å². The lowest BCUT2D eigenvalue weighted by Crippen LogP contribution is -2.23. The van der Waals surface area contributed by atoms with Gasteiger partial charge < -0.3 is 5.32 Å². The highest BCUT2D eigenvalue weighted by atomic mass is 35.5. The molecule has 0 fully saturated rings. The molecule has 0 unspecified atom stereocenters. The topological polar surface area (TPSA) is 50.4 Å². The van der Waals surface area contributed by atoms with Gasteiger partial charge in [0, 0.05) is 5.69 Å². The van der Waals surface area contributed by atoms with E-state index in [9.17, 15) is 4.79 Å². The fourth-order valence-corrected chi connectivity index (χ4v) is 2.36. The maximum atomic E-state index is 11.6. The highest BCUT2D eigenvalue weighted by Crippen LogP contribution is 2.33. The number of amides is 1. The van der Waals surface area contributed by atoms with E-state index in [2.05, 4.69) is 15.6 Å². The average molecular weight is 325 g/mol. The second-order valence-electron chi connectivity index (χ2n) is 4.28. The van der Waals surface area contributed by atoms with Crippen LogP contribution in [0.2, 0.25) is 10.0 Å².